The number of halogens is 1. The molecular weight excluding hydrogens is 250 g/mol. The molecular formula is C14H14ClNS. The molecule has 0 spiro atoms. The third kappa shape index (κ3) is 3.02. The Morgan fingerprint density at radius 3 is 2.76 bits per heavy atom. The fraction of sp³-hybridized carbons (Fsp3) is 0.214. The Kier molecular flexibility index (Phi) is 4.08. The van der Waals surface area contributed by atoms with Crippen LogP contribution in [0.5, 0.6) is 0 Å². The highest BCUT2D eigenvalue weighted by molar-refractivity contribution is 7.99. The number of thioether (sulfide) groups is 1. The molecule has 0 unspecified atom stereocenters. The third-order valence-corrected chi connectivity index (χ3v) is 3.62. The minimum atomic E-state index is 0.753. The van der Waals surface area contributed by atoms with Gasteiger partial charge in [-0.2, -0.15) is 0 Å². The molecule has 17 heavy (non-hydrogen) atoms. The molecule has 88 valence electrons. The van der Waals surface area contributed by atoms with E-state index in [2.05, 4.69) is 24.0 Å². The molecule has 1 aromatic carbocycles. The number of hydrogen-bond acceptors (Lipinski definition) is 2. The van der Waals surface area contributed by atoms with Crippen molar-refractivity contribution >= 4 is 23.4 Å². The van der Waals surface area contributed by atoms with Crippen molar-refractivity contribution in [2.75, 3.05) is 5.75 Å². The van der Waals surface area contributed by atoms with Crippen molar-refractivity contribution in [3.05, 3.63) is 47.1 Å². The monoisotopic (exact) mass is 263 g/mol. The molecule has 0 bridgehead atoms. The van der Waals surface area contributed by atoms with Crippen molar-refractivity contribution in [1.29, 1.82) is 0 Å². The highest BCUT2D eigenvalue weighted by Crippen LogP contribution is 2.31. The molecule has 2 aromatic rings. The van der Waals surface area contributed by atoms with E-state index in [0.29, 0.717) is 0 Å². The molecule has 0 amide bonds. The summed E-state index contributed by atoms with van der Waals surface area (Å²) in [5.41, 5.74) is 2.95. The number of benzene rings is 1. The summed E-state index contributed by atoms with van der Waals surface area (Å²) in [6.45, 7) is 4.13. The molecule has 0 aliphatic carbocycles. The van der Waals surface area contributed by atoms with Gasteiger partial charge in [-0.1, -0.05) is 24.6 Å². The van der Waals surface area contributed by atoms with Crippen LogP contribution in [-0.2, 0) is 0 Å². The number of rotatable bonds is 3. The van der Waals surface area contributed by atoms with Gasteiger partial charge in [-0.25, -0.2) is 0 Å². The van der Waals surface area contributed by atoms with Crippen molar-refractivity contribution in [2.45, 2.75) is 18.7 Å². The van der Waals surface area contributed by atoms with Crippen molar-refractivity contribution < 1.29 is 0 Å². The van der Waals surface area contributed by atoms with Gasteiger partial charge in [-0.05, 0) is 43.0 Å². The Morgan fingerprint density at radius 2 is 2.06 bits per heavy atom. The summed E-state index contributed by atoms with van der Waals surface area (Å²) in [7, 11) is 0. The van der Waals surface area contributed by atoms with Crippen LogP contribution in [0.3, 0.4) is 0 Å². The summed E-state index contributed by atoms with van der Waals surface area (Å²) in [6.07, 6.45) is 0. The zero-order valence-electron chi connectivity index (χ0n) is 9.90. The fourth-order valence-electron chi connectivity index (χ4n) is 1.65. The third-order valence-electron chi connectivity index (χ3n) is 2.41. The Morgan fingerprint density at radius 1 is 1.24 bits per heavy atom. The molecule has 2 rings (SSSR count). The summed E-state index contributed by atoms with van der Waals surface area (Å²) in [4.78, 5) is 5.74. The molecule has 0 N–H and O–H groups in total. The second kappa shape index (κ2) is 5.56. The summed E-state index contributed by atoms with van der Waals surface area (Å²) in [6, 6.07) is 12.1. The molecule has 1 nitrogen and oxygen atoms in total. The van der Waals surface area contributed by atoms with Gasteiger partial charge in [0.25, 0.3) is 0 Å². The predicted octanol–water partition coefficient (Wildman–Crippen LogP) is 4.82. The lowest BCUT2D eigenvalue weighted by Crippen LogP contribution is -1.88. The zero-order chi connectivity index (χ0) is 12.3. The molecule has 0 aliphatic rings. The quantitative estimate of drug-likeness (QED) is 0.736. The second-order valence-corrected chi connectivity index (χ2v) is 5.48. The summed E-state index contributed by atoms with van der Waals surface area (Å²) in [5.74, 6) is 1.06. The minimum Gasteiger partial charge on any atom is -0.253 e. The van der Waals surface area contributed by atoms with E-state index < -0.39 is 0 Å². The number of nitrogens with zero attached hydrogens (tertiary/aromatic N) is 1. The predicted molar refractivity (Wildman–Crippen MR) is 75.8 cm³/mol. The minimum absolute atomic E-state index is 0.753. The smallest absolute Gasteiger partial charge is 0.0720 e. The van der Waals surface area contributed by atoms with Crippen LogP contribution in [0.25, 0.3) is 11.3 Å². The van der Waals surface area contributed by atoms with Crippen molar-refractivity contribution in [3.8, 4) is 11.3 Å². The lowest BCUT2D eigenvalue weighted by atomic mass is 10.1. The van der Waals surface area contributed by atoms with Crippen LogP contribution in [0.15, 0.2) is 41.3 Å². The van der Waals surface area contributed by atoms with E-state index in [0.717, 1.165) is 27.7 Å². The van der Waals surface area contributed by atoms with Gasteiger partial charge in [0.05, 0.1) is 10.7 Å². The molecule has 0 saturated heterocycles. The summed E-state index contributed by atoms with van der Waals surface area (Å²) < 4.78 is 0. The highest BCUT2D eigenvalue weighted by Gasteiger charge is 2.06. The molecule has 1 aromatic heterocycles. The first-order chi connectivity index (χ1) is 8.20. The summed E-state index contributed by atoms with van der Waals surface area (Å²) in [5, 5.41) is 0.753. The lowest BCUT2D eigenvalue weighted by Gasteiger charge is -2.07. The Balaban J connectivity index is 2.46. The van der Waals surface area contributed by atoms with Gasteiger partial charge in [-0.3, -0.25) is 4.98 Å². The van der Waals surface area contributed by atoms with Crippen molar-refractivity contribution in [3.63, 3.8) is 0 Å². The van der Waals surface area contributed by atoms with Gasteiger partial charge in [0.1, 0.15) is 0 Å². The maximum atomic E-state index is 6.23. The molecule has 0 atom stereocenters. The molecule has 0 fully saturated rings. The van der Waals surface area contributed by atoms with E-state index in [1.807, 2.05) is 43.0 Å². The average molecular weight is 264 g/mol. The number of pyridine rings is 1. The van der Waals surface area contributed by atoms with Crippen LogP contribution in [0, 0.1) is 6.92 Å². The van der Waals surface area contributed by atoms with Gasteiger partial charge < -0.3 is 0 Å². The molecule has 1 heterocycles. The average Bonchev–Trinajstić information content (AvgIpc) is 2.32. The first-order valence-corrected chi connectivity index (χ1v) is 6.93. The van der Waals surface area contributed by atoms with E-state index in [-0.39, 0.29) is 0 Å². The van der Waals surface area contributed by atoms with Gasteiger partial charge >= 0.3 is 0 Å². The Hall–Kier alpha value is -0.990. The van der Waals surface area contributed by atoms with Crippen LogP contribution in [0.2, 0.25) is 5.02 Å². The highest BCUT2D eigenvalue weighted by atomic mass is 35.5. The number of aryl methyl sites for hydroxylation is 1. The molecule has 3 heteroatoms. The van der Waals surface area contributed by atoms with Gasteiger partial charge in [0.2, 0.25) is 0 Å². The maximum absolute atomic E-state index is 6.23. The van der Waals surface area contributed by atoms with Crippen molar-refractivity contribution in [2.24, 2.45) is 0 Å². The standard InChI is InChI=1S/C14H14ClNS/c1-3-17-11-7-8-13(15)12(9-11)14-6-4-5-10(2)16-14/h4-9H,3H2,1-2H3. The van der Waals surface area contributed by atoms with Crippen molar-refractivity contribution in [1.82, 2.24) is 4.98 Å². The second-order valence-electron chi connectivity index (χ2n) is 3.74. The molecule has 0 saturated carbocycles. The Bertz CT molecular complexity index is 525. The first-order valence-electron chi connectivity index (χ1n) is 5.57. The van der Waals surface area contributed by atoms with Crippen LogP contribution >= 0.6 is 23.4 Å². The van der Waals surface area contributed by atoms with Gasteiger partial charge in [-0.15, -0.1) is 11.8 Å². The normalized spacial score (nSPS) is 10.5. The molecule has 0 aliphatic heterocycles. The van der Waals surface area contributed by atoms with Gasteiger partial charge in [0.15, 0.2) is 0 Å². The summed E-state index contributed by atoms with van der Waals surface area (Å²) >= 11 is 8.04. The zero-order valence-corrected chi connectivity index (χ0v) is 11.5. The topological polar surface area (TPSA) is 12.9 Å². The lowest BCUT2D eigenvalue weighted by molar-refractivity contribution is 1.20. The van der Waals surface area contributed by atoms with E-state index >= 15 is 0 Å². The van der Waals surface area contributed by atoms with E-state index in [9.17, 15) is 0 Å². The van der Waals surface area contributed by atoms with Crippen LogP contribution < -0.4 is 0 Å². The largest absolute Gasteiger partial charge is 0.253 e. The van der Waals surface area contributed by atoms with Crippen LogP contribution in [-0.4, -0.2) is 10.7 Å². The number of aromatic nitrogens is 1. The van der Waals surface area contributed by atoms with E-state index in [1.54, 1.807) is 0 Å². The van der Waals surface area contributed by atoms with E-state index in [1.165, 1.54) is 4.90 Å². The SMILES string of the molecule is CCSc1ccc(Cl)c(-c2cccc(C)n2)c1. The number of hydrogen-bond donors (Lipinski definition) is 0. The molecule has 0 radical (unpaired) electrons. The van der Waals surface area contributed by atoms with Gasteiger partial charge in [0, 0.05) is 16.2 Å². The van der Waals surface area contributed by atoms with E-state index in [4.69, 9.17) is 11.6 Å². The first kappa shape index (κ1) is 12.5. The maximum Gasteiger partial charge on any atom is 0.0720 e. The fourth-order valence-corrected chi connectivity index (χ4v) is 2.56. The van der Waals surface area contributed by atoms with Crippen LogP contribution in [0.1, 0.15) is 12.6 Å². The van der Waals surface area contributed by atoms with Crippen LogP contribution in [0.4, 0.5) is 0 Å². The Labute approximate surface area is 111 Å².